The van der Waals surface area contributed by atoms with Gasteiger partial charge in [0.05, 0.1) is 0 Å². The molecule has 8 nitrogen and oxygen atoms in total. The van der Waals surface area contributed by atoms with E-state index in [1.807, 2.05) is 12.1 Å². The lowest BCUT2D eigenvalue weighted by Crippen LogP contribution is -2.23. The lowest BCUT2D eigenvalue weighted by atomic mass is 10.0. The Labute approximate surface area is 188 Å². The van der Waals surface area contributed by atoms with Crippen molar-refractivity contribution < 1.29 is 8.78 Å². The maximum atomic E-state index is 13.9. The molecule has 33 heavy (non-hydrogen) atoms. The van der Waals surface area contributed by atoms with Crippen molar-refractivity contribution in [1.29, 1.82) is 0 Å². The Morgan fingerprint density at radius 2 is 2.03 bits per heavy atom. The molecule has 3 aromatic heterocycles. The third-order valence-corrected chi connectivity index (χ3v) is 5.73. The molecule has 0 radical (unpaired) electrons. The summed E-state index contributed by atoms with van der Waals surface area (Å²) in [6, 6.07) is 10.4. The highest BCUT2D eigenvalue weighted by Crippen LogP contribution is 2.27. The largest absolute Gasteiger partial charge is 0.324 e. The summed E-state index contributed by atoms with van der Waals surface area (Å²) in [5.41, 5.74) is 2.95. The van der Waals surface area contributed by atoms with Crippen molar-refractivity contribution >= 4 is 22.7 Å². The van der Waals surface area contributed by atoms with E-state index in [9.17, 15) is 13.6 Å². The molecule has 5 rings (SSSR count). The van der Waals surface area contributed by atoms with Gasteiger partial charge >= 0.3 is 0 Å². The van der Waals surface area contributed by atoms with Crippen LogP contribution in [0.25, 0.3) is 16.9 Å². The number of benzene rings is 1. The third kappa shape index (κ3) is 3.86. The zero-order chi connectivity index (χ0) is 23.2. The van der Waals surface area contributed by atoms with Crippen molar-refractivity contribution in [2.75, 3.05) is 11.9 Å². The van der Waals surface area contributed by atoms with Crippen molar-refractivity contribution in [1.82, 2.24) is 29.6 Å². The molecule has 4 aromatic rings. The average molecular weight is 451 g/mol. The lowest BCUT2D eigenvalue weighted by Gasteiger charge is -2.18. The van der Waals surface area contributed by atoms with Gasteiger partial charge in [0.2, 0.25) is 5.95 Å². The number of hydrogen-bond acceptors (Lipinski definition) is 6. The summed E-state index contributed by atoms with van der Waals surface area (Å²) >= 11 is 0. The fourth-order valence-corrected chi connectivity index (χ4v) is 4.08. The molecule has 0 saturated carbocycles. The predicted molar refractivity (Wildman–Crippen MR) is 121 cm³/mol. The van der Waals surface area contributed by atoms with Crippen LogP contribution in [-0.4, -0.2) is 30.9 Å². The highest BCUT2D eigenvalue weighted by Gasteiger charge is 2.27. The molecule has 0 spiro atoms. The molecular formula is C23H23F2N7O. The minimum absolute atomic E-state index is 0.187. The summed E-state index contributed by atoms with van der Waals surface area (Å²) in [6.45, 7) is 4.66. The molecule has 170 valence electrons. The second-order valence-corrected chi connectivity index (χ2v) is 8.07. The predicted octanol–water partition coefficient (Wildman–Crippen LogP) is 3.50. The van der Waals surface area contributed by atoms with Gasteiger partial charge in [0.25, 0.3) is 11.5 Å². The Kier molecular flexibility index (Phi) is 5.16. The van der Waals surface area contributed by atoms with Crippen LogP contribution in [0.2, 0.25) is 0 Å². The van der Waals surface area contributed by atoms with Gasteiger partial charge in [-0.25, -0.2) is 19.3 Å². The Bertz CT molecular complexity index is 1400. The van der Waals surface area contributed by atoms with Gasteiger partial charge in [0, 0.05) is 31.9 Å². The van der Waals surface area contributed by atoms with Crippen LogP contribution in [0.5, 0.6) is 0 Å². The SMILES string of the molecule is CCn1c(=O)c2cnc(Nc3ccc4c(c3)CNCC4)nc2n1-c1cccc(C(C)(F)F)n1. The van der Waals surface area contributed by atoms with E-state index in [4.69, 9.17) is 0 Å². The zero-order valence-corrected chi connectivity index (χ0v) is 18.3. The summed E-state index contributed by atoms with van der Waals surface area (Å²) in [5.74, 6) is -2.63. The van der Waals surface area contributed by atoms with Gasteiger partial charge in [-0.1, -0.05) is 12.1 Å². The van der Waals surface area contributed by atoms with E-state index in [2.05, 4.69) is 31.7 Å². The first-order valence-corrected chi connectivity index (χ1v) is 10.8. The molecule has 0 amide bonds. The van der Waals surface area contributed by atoms with Crippen LogP contribution in [0.4, 0.5) is 20.4 Å². The van der Waals surface area contributed by atoms with Crippen LogP contribution in [0.15, 0.2) is 47.4 Å². The van der Waals surface area contributed by atoms with Gasteiger partial charge in [-0.05, 0) is 55.3 Å². The summed E-state index contributed by atoms with van der Waals surface area (Å²) in [7, 11) is 0. The molecule has 10 heteroatoms. The van der Waals surface area contributed by atoms with E-state index in [1.54, 1.807) is 13.0 Å². The molecule has 4 heterocycles. The molecule has 0 fully saturated rings. The Morgan fingerprint density at radius 1 is 1.18 bits per heavy atom. The van der Waals surface area contributed by atoms with Gasteiger partial charge in [-0.3, -0.25) is 4.79 Å². The molecule has 0 atom stereocenters. The van der Waals surface area contributed by atoms with E-state index in [0.29, 0.717) is 18.1 Å². The molecule has 0 aliphatic carbocycles. The van der Waals surface area contributed by atoms with Crippen molar-refractivity contribution in [2.45, 2.75) is 39.3 Å². The van der Waals surface area contributed by atoms with Crippen LogP contribution in [0, 0.1) is 0 Å². The van der Waals surface area contributed by atoms with Crippen LogP contribution in [0.1, 0.15) is 30.7 Å². The number of anilines is 2. The Morgan fingerprint density at radius 3 is 2.82 bits per heavy atom. The number of fused-ring (bicyclic) bond motifs is 2. The number of hydrogen-bond donors (Lipinski definition) is 2. The fraction of sp³-hybridized carbons (Fsp3) is 0.304. The van der Waals surface area contributed by atoms with Crippen LogP contribution >= 0.6 is 0 Å². The van der Waals surface area contributed by atoms with Gasteiger partial charge in [0.1, 0.15) is 11.1 Å². The second kappa shape index (κ2) is 8.04. The van der Waals surface area contributed by atoms with E-state index in [-0.39, 0.29) is 22.5 Å². The normalized spacial score (nSPS) is 13.8. The minimum Gasteiger partial charge on any atom is -0.324 e. The topological polar surface area (TPSA) is 89.7 Å². The summed E-state index contributed by atoms with van der Waals surface area (Å²) in [6.07, 6.45) is 2.44. The first-order chi connectivity index (χ1) is 15.8. The van der Waals surface area contributed by atoms with Crippen LogP contribution in [0.3, 0.4) is 0 Å². The molecule has 1 aliphatic heterocycles. The van der Waals surface area contributed by atoms with Crippen molar-refractivity contribution in [3.8, 4) is 5.82 Å². The van der Waals surface area contributed by atoms with Crippen LogP contribution < -0.4 is 16.2 Å². The summed E-state index contributed by atoms with van der Waals surface area (Å²) in [4.78, 5) is 25.9. The molecular weight excluding hydrogens is 428 g/mol. The number of nitrogens with one attached hydrogen (secondary N) is 2. The summed E-state index contributed by atoms with van der Waals surface area (Å²) in [5, 5.41) is 6.83. The monoisotopic (exact) mass is 451 g/mol. The minimum atomic E-state index is -3.11. The number of rotatable bonds is 5. The van der Waals surface area contributed by atoms with Gasteiger partial charge in [0.15, 0.2) is 11.5 Å². The zero-order valence-electron chi connectivity index (χ0n) is 18.3. The number of alkyl halides is 2. The Hall–Kier alpha value is -3.66. The molecule has 2 N–H and O–H groups in total. The molecule has 0 unspecified atom stereocenters. The maximum absolute atomic E-state index is 13.9. The van der Waals surface area contributed by atoms with Gasteiger partial charge in [-0.2, -0.15) is 13.8 Å². The highest BCUT2D eigenvalue weighted by atomic mass is 19.3. The third-order valence-electron chi connectivity index (χ3n) is 5.73. The van der Waals surface area contributed by atoms with E-state index in [1.165, 1.54) is 38.8 Å². The first kappa shape index (κ1) is 21.2. The molecule has 0 saturated heterocycles. The number of halogens is 2. The van der Waals surface area contributed by atoms with Crippen molar-refractivity contribution in [2.24, 2.45) is 0 Å². The quantitative estimate of drug-likeness (QED) is 0.483. The summed E-state index contributed by atoms with van der Waals surface area (Å²) < 4.78 is 30.7. The lowest BCUT2D eigenvalue weighted by molar-refractivity contribution is 0.0127. The standard InChI is InChI=1S/C23H23F2N7O/c1-3-31-21(33)17-13-27-22(28-16-8-7-14-9-10-26-12-15(14)11-16)30-20(17)32(31)19-6-4-5-18(29-19)23(2,24)25/h4-8,11,13,26H,3,9-10,12H2,1-2H3,(H,27,28,30). The van der Waals surface area contributed by atoms with Crippen molar-refractivity contribution in [3.05, 3.63) is 69.8 Å². The fourth-order valence-electron chi connectivity index (χ4n) is 4.08. The van der Waals surface area contributed by atoms with Crippen molar-refractivity contribution in [3.63, 3.8) is 0 Å². The van der Waals surface area contributed by atoms with Crippen LogP contribution in [-0.2, 0) is 25.4 Å². The first-order valence-electron chi connectivity index (χ1n) is 10.8. The molecule has 0 bridgehead atoms. The number of nitrogens with zero attached hydrogens (tertiary/aromatic N) is 5. The van der Waals surface area contributed by atoms with Gasteiger partial charge in [-0.15, -0.1) is 0 Å². The second-order valence-electron chi connectivity index (χ2n) is 8.07. The highest BCUT2D eigenvalue weighted by molar-refractivity contribution is 5.77. The number of pyridine rings is 1. The van der Waals surface area contributed by atoms with E-state index in [0.717, 1.165) is 32.1 Å². The Balaban J connectivity index is 1.60. The average Bonchev–Trinajstić information content (AvgIpc) is 3.09. The smallest absolute Gasteiger partial charge is 0.287 e. The van der Waals surface area contributed by atoms with E-state index >= 15 is 0 Å². The number of aromatic nitrogens is 5. The maximum Gasteiger partial charge on any atom is 0.287 e. The molecule has 1 aliphatic rings. The van der Waals surface area contributed by atoms with E-state index < -0.39 is 5.92 Å². The molecule has 1 aromatic carbocycles. The van der Waals surface area contributed by atoms with Gasteiger partial charge < -0.3 is 10.6 Å².